The van der Waals surface area contributed by atoms with Crippen LogP contribution in [0.5, 0.6) is 0 Å². The van der Waals surface area contributed by atoms with E-state index in [1.807, 2.05) is 0 Å². The van der Waals surface area contributed by atoms with Crippen molar-refractivity contribution >= 4 is 11.9 Å². The lowest BCUT2D eigenvalue weighted by atomic mass is 9.85. The van der Waals surface area contributed by atoms with E-state index in [2.05, 4.69) is 15.3 Å². The first-order chi connectivity index (χ1) is 12.1. The zero-order valence-electron chi connectivity index (χ0n) is 14.4. The largest absolute Gasteiger partial charge is 0.351 e. The minimum atomic E-state index is -0.266. The minimum Gasteiger partial charge on any atom is -0.351 e. The molecule has 1 amide bonds. The van der Waals surface area contributed by atoms with E-state index in [1.165, 1.54) is 6.07 Å². The third-order valence-electron chi connectivity index (χ3n) is 4.72. The monoisotopic (exact) mass is 342 g/mol. The molecule has 3 rings (SSSR count). The summed E-state index contributed by atoms with van der Waals surface area (Å²) in [5.74, 6) is 0.469. The predicted octanol–water partition coefficient (Wildman–Crippen LogP) is 3.25. The molecule has 0 bridgehead atoms. The molecule has 1 N–H and O–H groups in total. The van der Waals surface area contributed by atoms with Gasteiger partial charge in [-0.25, -0.2) is 14.4 Å². The van der Waals surface area contributed by atoms with E-state index in [4.69, 9.17) is 0 Å². The highest BCUT2D eigenvalue weighted by molar-refractivity contribution is 5.78. The Kier molecular flexibility index (Phi) is 5.58. The normalized spacial score (nSPS) is 20.1. The summed E-state index contributed by atoms with van der Waals surface area (Å²) in [4.78, 5) is 22.6. The van der Waals surface area contributed by atoms with Crippen molar-refractivity contribution in [1.29, 1.82) is 0 Å². The van der Waals surface area contributed by atoms with Crippen molar-refractivity contribution in [1.82, 2.24) is 14.9 Å². The summed E-state index contributed by atoms with van der Waals surface area (Å²) in [6.07, 6.45) is 6.88. The second-order valence-corrected chi connectivity index (χ2v) is 6.55. The van der Waals surface area contributed by atoms with Gasteiger partial charge in [0, 0.05) is 43.5 Å². The molecule has 0 atom stereocenters. The fraction of sp³-hybridized carbons (Fsp3) is 0.421. The van der Waals surface area contributed by atoms with Gasteiger partial charge in [0.2, 0.25) is 11.9 Å². The number of rotatable bonds is 5. The fourth-order valence-electron chi connectivity index (χ4n) is 3.31. The van der Waals surface area contributed by atoms with Crippen molar-refractivity contribution < 1.29 is 9.18 Å². The first kappa shape index (κ1) is 17.3. The van der Waals surface area contributed by atoms with E-state index < -0.39 is 0 Å². The zero-order valence-corrected chi connectivity index (χ0v) is 14.4. The molecule has 1 saturated carbocycles. The maximum absolute atomic E-state index is 13.8. The van der Waals surface area contributed by atoms with Crippen LogP contribution in [0.2, 0.25) is 0 Å². The second kappa shape index (κ2) is 8.05. The van der Waals surface area contributed by atoms with Gasteiger partial charge < -0.3 is 10.2 Å². The molecule has 0 radical (unpaired) electrons. The van der Waals surface area contributed by atoms with Gasteiger partial charge in [0.1, 0.15) is 5.82 Å². The number of hydrogen-bond donors (Lipinski definition) is 1. The van der Waals surface area contributed by atoms with Crippen LogP contribution in [0.3, 0.4) is 0 Å². The van der Waals surface area contributed by atoms with Crippen molar-refractivity contribution in [3.05, 3.63) is 54.1 Å². The highest BCUT2D eigenvalue weighted by Gasteiger charge is 2.28. The van der Waals surface area contributed by atoms with Gasteiger partial charge in [0.25, 0.3) is 0 Å². The molecule has 2 aromatic rings. The number of anilines is 1. The van der Waals surface area contributed by atoms with Gasteiger partial charge in [0.15, 0.2) is 0 Å². The Morgan fingerprint density at radius 2 is 1.84 bits per heavy atom. The topological polar surface area (TPSA) is 58.1 Å². The Hall–Kier alpha value is -2.50. The lowest BCUT2D eigenvalue weighted by molar-refractivity contribution is -0.135. The van der Waals surface area contributed by atoms with E-state index in [1.54, 1.807) is 48.6 Å². The minimum absolute atomic E-state index is 0.00603. The van der Waals surface area contributed by atoms with Crippen LogP contribution in [0.1, 0.15) is 31.2 Å². The highest BCUT2D eigenvalue weighted by atomic mass is 19.1. The number of aromatic nitrogens is 2. The van der Waals surface area contributed by atoms with Crippen LogP contribution in [-0.2, 0) is 11.3 Å². The number of amides is 1. The predicted molar refractivity (Wildman–Crippen MR) is 94.3 cm³/mol. The van der Waals surface area contributed by atoms with Crippen LogP contribution in [0.4, 0.5) is 10.3 Å². The first-order valence-corrected chi connectivity index (χ1v) is 8.65. The number of hydrogen-bond acceptors (Lipinski definition) is 4. The number of carbonyl (C=O) groups excluding carboxylic acids is 1. The molecule has 0 aliphatic heterocycles. The molecule has 1 aliphatic carbocycles. The Bertz CT molecular complexity index is 702. The van der Waals surface area contributed by atoms with Gasteiger partial charge in [-0.15, -0.1) is 0 Å². The number of halogens is 1. The van der Waals surface area contributed by atoms with Crippen molar-refractivity contribution in [2.75, 3.05) is 12.4 Å². The average Bonchev–Trinajstić information content (AvgIpc) is 2.64. The standard InChI is InChI=1S/C19H23FN4O/c1-24(13-15-5-2-3-6-17(15)20)18(25)14-7-9-16(10-8-14)23-19-21-11-4-12-22-19/h2-6,11-12,14,16H,7-10,13H2,1H3,(H,21,22,23). The Morgan fingerprint density at radius 3 is 2.52 bits per heavy atom. The summed E-state index contributed by atoms with van der Waals surface area (Å²) in [6, 6.07) is 8.68. The van der Waals surface area contributed by atoms with E-state index in [9.17, 15) is 9.18 Å². The summed E-state index contributed by atoms with van der Waals surface area (Å²) in [5.41, 5.74) is 0.551. The summed E-state index contributed by atoms with van der Waals surface area (Å²) >= 11 is 0. The van der Waals surface area contributed by atoms with Gasteiger partial charge in [-0.3, -0.25) is 4.79 Å². The molecule has 0 unspecified atom stereocenters. The molecule has 1 aliphatic rings. The SMILES string of the molecule is CN(Cc1ccccc1F)C(=O)C1CCC(Nc2ncccn2)CC1. The number of nitrogens with zero attached hydrogens (tertiary/aromatic N) is 3. The Labute approximate surface area is 147 Å². The Balaban J connectivity index is 1.50. The van der Waals surface area contributed by atoms with Crippen molar-refractivity contribution in [2.45, 2.75) is 38.3 Å². The number of carbonyl (C=O) groups is 1. The van der Waals surface area contributed by atoms with Crippen molar-refractivity contribution in [2.24, 2.45) is 5.92 Å². The molecule has 1 aromatic carbocycles. The van der Waals surface area contributed by atoms with Crippen molar-refractivity contribution in [3.8, 4) is 0 Å². The molecular formula is C19H23FN4O. The fourth-order valence-corrected chi connectivity index (χ4v) is 3.31. The summed E-state index contributed by atoms with van der Waals surface area (Å²) < 4.78 is 13.8. The molecule has 5 nitrogen and oxygen atoms in total. The molecule has 132 valence electrons. The van der Waals surface area contributed by atoms with E-state index >= 15 is 0 Å². The van der Waals surface area contributed by atoms with Crippen LogP contribution < -0.4 is 5.32 Å². The van der Waals surface area contributed by atoms with Crippen LogP contribution in [-0.4, -0.2) is 33.9 Å². The van der Waals surface area contributed by atoms with E-state index in [0.717, 1.165) is 25.7 Å². The molecule has 25 heavy (non-hydrogen) atoms. The lowest BCUT2D eigenvalue weighted by Crippen LogP contribution is -2.37. The van der Waals surface area contributed by atoms with Gasteiger partial charge in [-0.1, -0.05) is 18.2 Å². The van der Waals surface area contributed by atoms with E-state index in [0.29, 0.717) is 24.1 Å². The van der Waals surface area contributed by atoms with Crippen LogP contribution in [0.15, 0.2) is 42.7 Å². The second-order valence-electron chi connectivity index (χ2n) is 6.55. The third-order valence-corrected chi connectivity index (χ3v) is 4.72. The average molecular weight is 342 g/mol. The van der Waals surface area contributed by atoms with Crippen LogP contribution >= 0.6 is 0 Å². The summed E-state index contributed by atoms with van der Waals surface area (Å²) in [7, 11) is 1.75. The van der Waals surface area contributed by atoms with Crippen molar-refractivity contribution in [3.63, 3.8) is 0 Å². The Morgan fingerprint density at radius 1 is 1.16 bits per heavy atom. The third kappa shape index (κ3) is 4.53. The maximum atomic E-state index is 13.8. The molecule has 6 heteroatoms. The molecule has 1 fully saturated rings. The molecule has 1 heterocycles. The van der Waals surface area contributed by atoms with Crippen LogP contribution in [0.25, 0.3) is 0 Å². The van der Waals surface area contributed by atoms with Gasteiger partial charge >= 0.3 is 0 Å². The molecular weight excluding hydrogens is 319 g/mol. The lowest BCUT2D eigenvalue weighted by Gasteiger charge is -2.31. The molecule has 0 spiro atoms. The smallest absolute Gasteiger partial charge is 0.225 e. The molecule has 0 saturated heterocycles. The maximum Gasteiger partial charge on any atom is 0.225 e. The van der Waals surface area contributed by atoms with Gasteiger partial charge in [-0.05, 0) is 37.8 Å². The van der Waals surface area contributed by atoms with E-state index in [-0.39, 0.29) is 17.6 Å². The van der Waals surface area contributed by atoms with Gasteiger partial charge in [-0.2, -0.15) is 0 Å². The first-order valence-electron chi connectivity index (χ1n) is 8.65. The zero-order chi connectivity index (χ0) is 17.6. The molecule has 1 aromatic heterocycles. The number of nitrogens with one attached hydrogen (secondary N) is 1. The summed E-state index contributed by atoms with van der Waals surface area (Å²) in [6.45, 7) is 0.307. The summed E-state index contributed by atoms with van der Waals surface area (Å²) in [5, 5.41) is 3.32. The quantitative estimate of drug-likeness (QED) is 0.906. The highest BCUT2D eigenvalue weighted by Crippen LogP contribution is 2.27. The van der Waals surface area contributed by atoms with Gasteiger partial charge in [0.05, 0.1) is 0 Å². The number of benzene rings is 1. The van der Waals surface area contributed by atoms with Crippen LogP contribution in [0, 0.1) is 11.7 Å².